The van der Waals surface area contributed by atoms with E-state index < -0.39 is 5.82 Å². The van der Waals surface area contributed by atoms with E-state index in [2.05, 4.69) is 4.98 Å². The molecule has 4 rings (SSSR count). The maximum atomic E-state index is 13.7. The number of aromatic hydroxyl groups is 1. The number of hydrogen-bond donors (Lipinski definition) is 1. The van der Waals surface area contributed by atoms with Gasteiger partial charge in [-0.25, -0.2) is 4.39 Å². The molecule has 0 saturated carbocycles. The van der Waals surface area contributed by atoms with Gasteiger partial charge in [0.05, 0.1) is 0 Å². The number of phenolic OH excluding ortho intramolecular Hbond substituents is 1. The number of nitrogens with zero attached hydrogens (tertiary/aromatic N) is 1. The number of fused-ring (bicyclic) bond motifs is 1. The van der Waals surface area contributed by atoms with Gasteiger partial charge in [0.1, 0.15) is 17.1 Å². The molecule has 1 heterocycles. The Morgan fingerprint density at radius 3 is 2.52 bits per heavy atom. The minimum Gasteiger partial charge on any atom is -0.505 e. The van der Waals surface area contributed by atoms with Gasteiger partial charge >= 0.3 is 0 Å². The van der Waals surface area contributed by atoms with Crippen LogP contribution in [0, 0.1) is 12.7 Å². The zero-order valence-electron chi connectivity index (χ0n) is 15.7. The van der Waals surface area contributed by atoms with E-state index in [0.717, 1.165) is 22.1 Å². The Morgan fingerprint density at radius 1 is 0.966 bits per heavy atom. The van der Waals surface area contributed by atoms with Gasteiger partial charge < -0.3 is 5.11 Å². The van der Waals surface area contributed by atoms with Crippen LogP contribution in [0.2, 0.25) is 10.0 Å². The monoisotopic (exact) mass is 425 g/mol. The van der Waals surface area contributed by atoms with E-state index in [1.807, 2.05) is 49.4 Å². The standard InChI is InChI=1S/C24H18Cl2FNO/c1-14-11-15(4-9-21(14)25)12-20(18-8-6-17(27)13-22(18)26)19-7-5-16-3-2-10-28-23(16)24(19)29/h2-11,13,20,29H,12H2,1H3. The van der Waals surface area contributed by atoms with Gasteiger partial charge in [0.15, 0.2) is 0 Å². The first-order valence-electron chi connectivity index (χ1n) is 9.20. The quantitative estimate of drug-likeness (QED) is 0.379. The lowest BCUT2D eigenvalue weighted by Crippen LogP contribution is -2.07. The van der Waals surface area contributed by atoms with Crippen LogP contribution in [0.1, 0.15) is 28.2 Å². The molecule has 1 N–H and O–H groups in total. The van der Waals surface area contributed by atoms with Crippen molar-refractivity contribution in [2.75, 3.05) is 0 Å². The second-order valence-corrected chi connectivity index (χ2v) is 7.90. The molecule has 0 bridgehead atoms. The molecule has 0 aliphatic heterocycles. The number of halogens is 3. The summed E-state index contributed by atoms with van der Waals surface area (Å²) in [6.45, 7) is 1.95. The average molecular weight is 426 g/mol. The van der Waals surface area contributed by atoms with Crippen LogP contribution in [-0.2, 0) is 6.42 Å². The van der Waals surface area contributed by atoms with Crippen LogP contribution < -0.4 is 0 Å². The smallest absolute Gasteiger partial charge is 0.145 e. The van der Waals surface area contributed by atoms with E-state index >= 15 is 0 Å². The Kier molecular flexibility index (Phi) is 5.44. The fraction of sp³-hybridized carbons (Fsp3) is 0.125. The second-order valence-electron chi connectivity index (χ2n) is 7.08. The van der Waals surface area contributed by atoms with Crippen LogP contribution in [0.4, 0.5) is 4.39 Å². The molecule has 0 saturated heterocycles. The van der Waals surface area contributed by atoms with Gasteiger partial charge in [-0.3, -0.25) is 4.98 Å². The molecule has 4 aromatic rings. The van der Waals surface area contributed by atoms with E-state index in [1.54, 1.807) is 12.3 Å². The SMILES string of the molecule is Cc1cc(CC(c2ccc(F)cc2Cl)c2ccc3cccnc3c2O)ccc1Cl. The topological polar surface area (TPSA) is 33.1 Å². The van der Waals surface area contributed by atoms with Gasteiger partial charge in [-0.2, -0.15) is 0 Å². The summed E-state index contributed by atoms with van der Waals surface area (Å²) in [7, 11) is 0. The molecule has 2 nitrogen and oxygen atoms in total. The van der Waals surface area contributed by atoms with E-state index in [-0.39, 0.29) is 11.7 Å². The third kappa shape index (κ3) is 3.93. The van der Waals surface area contributed by atoms with Gasteiger partial charge in [0.2, 0.25) is 0 Å². The number of phenols is 1. The fourth-order valence-corrected chi connectivity index (χ4v) is 4.08. The minimum absolute atomic E-state index is 0.110. The fourth-order valence-electron chi connectivity index (χ4n) is 3.67. The highest BCUT2D eigenvalue weighted by molar-refractivity contribution is 6.31. The van der Waals surface area contributed by atoms with Gasteiger partial charge in [0.25, 0.3) is 0 Å². The Labute approximate surface area is 178 Å². The lowest BCUT2D eigenvalue weighted by Gasteiger charge is -2.21. The van der Waals surface area contributed by atoms with Crippen molar-refractivity contribution in [3.05, 3.63) is 105 Å². The molecule has 0 fully saturated rings. The predicted octanol–water partition coefficient (Wildman–Crippen LogP) is 7.07. The third-order valence-corrected chi connectivity index (χ3v) is 5.91. The number of rotatable bonds is 4. The van der Waals surface area contributed by atoms with Crippen LogP contribution in [0.5, 0.6) is 5.75 Å². The van der Waals surface area contributed by atoms with Crippen molar-refractivity contribution in [3.63, 3.8) is 0 Å². The molecule has 0 aliphatic carbocycles. The first-order chi connectivity index (χ1) is 13.9. The summed E-state index contributed by atoms with van der Waals surface area (Å²) in [5.41, 5.74) is 3.97. The van der Waals surface area contributed by atoms with Crippen LogP contribution in [0.15, 0.2) is 66.9 Å². The highest BCUT2D eigenvalue weighted by atomic mass is 35.5. The van der Waals surface area contributed by atoms with Crippen molar-refractivity contribution in [1.29, 1.82) is 0 Å². The van der Waals surface area contributed by atoms with E-state index in [1.165, 1.54) is 12.1 Å². The number of aromatic nitrogens is 1. The van der Waals surface area contributed by atoms with Crippen LogP contribution in [-0.4, -0.2) is 10.1 Å². The zero-order valence-corrected chi connectivity index (χ0v) is 17.2. The lowest BCUT2D eigenvalue weighted by atomic mass is 9.84. The molecule has 0 radical (unpaired) electrons. The molecule has 3 aromatic carbocycles. The van der Waals surface area contributed by atoms with Crippen molar-refractivity contribution >= 4 is 34.1 Å². The van der Waals surface area contributed by atoms with Crippen LogP contribution >= 0.6 is 23.2 Å². The Bertz CT molecular complexity index is 1210. The molecule has 1 unspecified atom stereocenters. The Morgan fingerprint density at radius 2 is 1.76 bits per heavy atom. The third-order valence-electron chi connectivity index (χ3n) is 5.15. The summed E-state index contributed by atoms with van der Waals surface area (Å²) in [6, 6.07) is 17.7. The molecule has 0 aliphatic rings. The Balaban J connectivity index is 1.88. The molecule has 1 atom stereocenters. The second kappa shape index (κ2) is 8.02. The number of hydrogen-bond acceptors (Lipinski definition) is 2. The number of aryl methyl sites for hydroxylation is 1. The van der Waals surface area contributed by atoms with Crippen molar-refractivity contribution in [3.8, 4) is 5.75 Å². The van der Waals surface area contributed by atoms with E-state index in [9.17, 15) is 9.50 Å². The first-order valence-corrected chi connectivity index (χ1v) is 9.96. The molecule has 0 spiro atoms. The van der Waals surface area contributed by atoms with Gasteiger partial charge in [0, 0.05) is 33.1 Å². The van der Waals surface area contributed by atoms with Crippen LogP contribution in [0.3, 0.4) is 0 Å². The van der Waals surface area contributed by atoms with Crippen LogP contribution in [0.25, 0.3) is 10.9 Å². The maximum absolute atomic E-state index is 13.7. The number of pyridine rings is 1. The summed E-state index contributed by atoms with van der Waals surface area (Å²) < 4.78 is 13.7. The maximum Gasteiger partial charge on any atom is 0.145 e. The summed E-state index contributed by atoms with van der Waals surface area (Å²) in [4.78, 5) is 4.33. The predicted molar refractivity (Wildman–Crippen MR) is 117 cm³/mol. The largest absolute Gasteiger partial charge is 0.505 e. The highest BCUT2D eigenvalue weighted by Crippen LogP contribution is 2.40. The molecule has 0 amide bonds. The van der Waals surface area contributed by atoms with Crippen molar-refractivity contribution in [1.82, 2.24) is 4.98 Å². The van der Waals surface area contributed by atoms with Gasteiger partial charge in [-0.15, -0.1) is 0 Å². The van der Waals surface area contributed by atoms with Crippen molar-refractivity contribution < 1.29 is 9.50 Å². The number of benzene rings is 3. The summed E-state index contributed by atoms with van der Waals surface area (Å²) >= 11 is 12.6. The summed E-state index contributed by atoms with van der Waals surface area (Å²) in [5, 5.41) is 12.9. The highest BCUT2D eigenvalue weighted by Gasteiger charge is 2.23. The molecule has 146 valence electrons. The minimum atomic E-state index is -0.399. The Hall–Kier alpha value is -2.62. The summed E-state index contributed by atoms with van der Waals surface area (Å²) in [5.74, 6) is -0.571. The van der Waals surface area contributed by atoms with Gasteiger partial charge in [-0.1, -0.05) is 59.6 Å². The molecule has 5 heteroatoms. The van der Waals surface area contributed by atoms with Crippen molar-refractivity contribution in [2.45, 2.75) is 19.3 Å². The molecular formula is C24H18Cl2FNO. The molecule has 29 heavy (non-hydrogen) atoms. The first kappa shape index (κ1) is 19.7. The molecule has 1 aromatic heterocycles. The average Bonchev–Trinajstić information content (AvgIpc) is 2.70. The van der Waals surface area contributed by atoms with E-state index in [4.69, 9.17) is 23.2 Å². The summed E-state index contributed by atoms with van der Waals surface area (Å²) in [6.07, 6.45) is 2.21. The molecular weight excluding hydrogens is 408 g/mol. The van der Waals surface area contributed by atoms with Gasteiger partial charge in [-0.05, 0) is 54.3 Å². The van der Waals surface area contributed by atoms with Crippen molar-refractivity contribution in [2.24, 2.45) is 0 Å². The zero-order chi connectivity index (χ0) is 20.5. The lowest BCUT2D eigenvalue weighted by molar-refractivity contribution is 0.469. The normalized spacial score (nSPS) is 12.3. The van der Waals surface area contributed by atoms with E-state index in [0.29, 0.717) is 27.5 Å².